The molecule has 8 heteroatoms. The quantitative estimate of drug-likeness (QED) is 0.808. The van der Waals surface area contributed by atoms with E-state index >= 15 is 0 Å². The van der Waals surface area contributed by atoms with Crippen molar-refractivity contribution in [2.45, 2.75) is 13.0 Å². The summed E-state index contributed by atoms with van der Waals surface area (Å²) in [6.45, 7) is 1.42. The molecule has 0 saturated heterocycles. The molecule has 0 bridgehead atoms. The fraction of sp³-hybridized carbons (Fsp3) is 0.133. The Morgan fingerprint density at radius 2 is 1.91 bits per heavy atom. The molecule has 0 aliphatic carbocycles. The van der Waals surface area contributed by atoms with Crippen LogP contribution >= 0.6 is 22.9 Å². The second-order valence-electron chi connectivity index (χ2n) is 4.54. The van der Waals surface area contributed by atoms with E-state index in [9.17, 15) is 14.4 Å². The van der Waals surface area contributed by atoms with Gasteiger partial charge >= 0.3 is 5.97 Å². The van der Waals surface area contributed by atoms with Gasteiger partial charge in [0.1, 0.15) is 5.00 Å². The maximum absolute atomic E-state index is 12.1. The minimum atomic E-state index is -1.07. The number of halogens is 1. The summed E-state index contributed by atoms with van der Waals surface area (Å²) < 4.78 is 5.08. The Morgan fingerprint density at radius 3 is 2.57 bits per heavy atom. The van der Waals surface area contributed by atoms with Gasteiger partial charge in [0.2, 0.25) is 0 Å². The summed E-state index contributed by atoms with van der Waals surface area (Å²) in [6, 6.07) is 7.87. The van der Waals surface area contributed by atoms with Crippen molar-refractivity contribution in [3.05, 3.63) is 51.9 Å². The van der Waals surface area contributed by atoms with Gasteiger partial charge < -0.3 is 15.8 Å². The molecule has 2 rings (SSSR count). The van der Waals surface area contributed by atoms with Gasteiger partial charge in [-0.3, -0.25) is 9.59 Å². The summed E-state index contributed by atoms with van der Waals surface area (Å²) in [6.07, 6.45) is -1.07. The number of anilines is 1. The van der Waals surface area contributed by atoms with Crippen LogP contribution in [0.2, 0.25) is 5.02 Å². The molecule has 3 N–H and O–H groups in total. The second-order valence-corrected chi connectivity index (χ2v) is 5.87. The number of nitrogens with one attached hydrogen (secondary N) is 1. The molecule has 0 spiro atoms. The van der Waals surface area contributed by atoms with Crippen molar-refractivity contribution < 1.29 is 19.1 Å². The molecule has 0 fully saturated rings. The van der Waals surface area contributed by atoms with Crippen molar-refractivity contribution in [2.24, 2.45) is 5.73 Å². The number of hydrogen-bond donors (Lipinski definition) is 2. The Morgan fingerprint density at radius 1 is 1.22 bits per heavy atom. The number of amides is 2. The molecule has 0 radical (unpaired) electrons. The van der Waals surface area contributed by atoms with Crippen molar-refractivity contribution in [1.82, 2.24) is 0 Å². The highest BCUT2D eigenvalue weighted by molar-refractivity contribution is 7.14. The highest BCUT2D eigenvalue weighted by Gasteiger charge is 2.22. The zero-order chi connectivity index (χ0) is 17.0. The molecule has 6 nitrogen and oxygen atoms in total. The van der Waals surface area contributed by atoms with Crippen LogP contribution in [0.3, 0.4) is 0 Å². The molecule has 1 aromatic heterocycles. The number of hydrogen-bond acceptors (Lipinski definition) is 5. The van der Waals surface area contributed by atoms with Crippen LogP contribution < -0.4 is 11.1 Å². The van der Waals surface area contributed by atoms with Crippen molar-refractivity contribution in [2.75, 3.05) is 5.32 Å². The number of carbonyl (C=O) groups is 3. The SMILES string of the molecule is C[C@H](OC(=O)c1ccccc1Cl)C(=O)Nc1sccc1C(N)=O. The van der Waals surface area contributed by atoms with Crippen molar-refractivity contribution in [3.8, 4) is 0 Å². The average Bonchev–Trinajstić information content (AvgIpc) is 2.95. The first-order valence-corrected chi connectivity index (χ1v) is 7.79. The smallest absolute Gasteiger partial charge is 0.340 e. The summed E-state index contributed by atoms with van der Waals surface area (Å²) >= 11 is 7.05. The van der Waals surface area contributed by atoms with E-state index < -0.39 is 23.9 Å². The number of primary amides is 1. The Balaban J connectivity index is 2.03. The van der Waals surface area contributed by atoms with Gasteiger partial charge in [0.25, 0.3) is 11.8 Å². The van der Waals surface area contributed by atoms with E-state index in [0.717, 1.165) is 11.3 Å². The van der Waals surface area contributed by atoms with E-state index in [0.29, 0.717) is 5.00 Å². The molecule has 2 aromatic rings. The van der Waals surface area contributed by atoms with Crippen molar-refractivity contribution in [1.29, 1.82) is 0 Å². The first-order chi connectivity index (χ1) is 10.9. The van der Waals surface area contributed by atoms with Crippen LogP contribution in [0.4, 0.5) is 5.00 Å². The maximum Gasteiger partial charge on any atom is 0.340 e. The molecule has 0 unspecified atom stereocenters. The number of benzene rings is 1. The number of rotatable bonds is 5. The van der Waals surface area contributed by atoms with E-state index in [-0.39, 0.29) is 16.1 Å². The Labute approximate surface area is 141 Å². The lowest BCUT2D eigenvalue weighted by Crippen LogP contribution is -2.30. The number of esters is 1. The fourth-order valence-corrected chi connectivity index (χ4v) is 2.73. The summed E-state index contributed by atoms with van der Waals surface area (Å²) in [5.41, 5.74) is 5.57. The zero-order valence-corrected chi connectivity index (χ0v) is 13.6. The predicted molar refractivity (Wildman–Crippen MR) is 87.8 cm³/mol. The van der Waals surface area contributed by atoms with E-state index in [1.807, 2.05) is 0 Å². The monoisotopic (exact) mass is 352 g/mol. The predicted octanol–water partition coefficient (Wildman–Crippen LogP) is 2.68. The summed E-state index contributed by atoms with van der Waals surface area (Å²) in [4.78, 5) is 35.3. The van der Waals surface area contributed by atoms with Crippen LogP contribution in [-0.2, 0) is 9.53 Å². The average molecular weight is 353 g/mol. The molecule has 120 valence electrons. The lowest BCUT2D eigenvalue weighted by atomic mass is 10.2. The maximum atomic E-state index is 12.1. The van der Waals surface area contributed by atoms with Crippen LogP contribution in [0.5, 0.6) is 0 Å². The van der Waals surface area contributed by atoms with Gasteiger partial charge in [-0.1, -0.05) is 23.7 Å². The molecule has 0 aliphatic rings. The van der Waals surface area contributed by atoms with Gasteiger partial charge in [0.15, 0.2) is 6.10 Å². The number of thiophene rings is 1. The minimum Gasteiger partial charge on any atom is -0.449 e. The normalized spacial score (nSPS) is 11.6. The number of carbonyl (C=O) groups excluding carboxylic acids is 3. The first kappa shape index (κ1) is 17.0. The van der Waals surface area contributed by atoms with E-state index in [2.05, 4.69) is 5.32 Å². The summed E-state index contributed by atoms with van der Waals surface area (Å²) in [7, 11) is 0. The highest BCUT2D eigenvalue weighted by atomic mass is 35.5. The Kier molecular flexibility index (Phi) is 5.36. The third-order valence-electron chi connectivity index (χ3n) is 2.91. The Bertz CT molecular complexity index is 759. The zero-order valence-electron chi connectivity index (χ0n) is 12.0. The number of nitrogens with two attached hydrogens (primary N) is 1. The van der Waals surface area contributed by atoms with Crippen LogP contribution in [0.25, 0.3) is 0 Å². The van der Waals surface area contributed by atoms with Crippen LogP contribution in [0, 0.1) is 0 Å². The van der Waals surface area contributed by atoms with Gasteiger partial charge in [-0.05, 0) is 30.5 Å². The summed E-state index contributed by atoms with van der Waals surface area (Å²) in [5, 5.41) is 4.68. The van der Waals surface area contributed by atoms with Crippen LogP contribution in [0.1, 0.15) is 27.6 Å². The topological polar surface area (TPSA) is 98.5 Å². The van der Waals surface area contributed by atoms with Crippen molar-refractivity contribution >= 4 is 45.7 Å². The summed E-state index contributed by atoms with van der Waals surface area (Å²) in [5.74, 6) is -1.93. The molecule has 23 heavy (non-hydrogen) atoms. The molecule has 0 aliphatic heterocycles. The molecule has 1 aromatic carbocycles. The number of ether oxygens (including phenoxy) is 1. The molecule has 0 saturated carbocycles. The fourth-order valence-electron chi connectivity index (χ4n) is 1.72. The second kappa shape index (κ2) is 7.26. The lowest BCUT2D eigenvalue weighted by Gasteiger charge is -2.13. The van der Waals surface area contributed by atoms with Gasteiger partial charge in [0.05, 0.1) is 16.1 Å². The van der Waals surface area contributed by atoms with Gasteiger partial charge in [0, 0.05) is 0 Å². The third-order valence-corrected chi connectivity index (χ3v) is 4.07. The van der Waals surface area contributed by atoms with Gasteiger partial charge in [-0.2, -0.15) is 0 Å². The van der Waals surface area contributed by atoms with Gasteiger partial charge in [-0.25, -0.2) is 4.79 Å². The van der Waals surface area contributed by atoms with Crippen LogP contribution in [0.15, 0.2) is 35.7 Å². The first-order valence-electron chi connectivity index (χ1n) is 6.54. The van der Waals surface area contributed by atoms with E-state index in [1.165, 1.54) is 19.1 Å². The van der Waals surface area contributed by atoms with Gasteiger partial charge in [-0.15, -0.1) is 11.3 Å². The lowest BCUT2D eigenvalue weighted by molar-refractivity contribution is -0.123. The molecular formula is C15H13ClN2O4S. The van der Waals surface area contributed by atoms with E-state index in [4.69, 9.17) is 22.1 Å². The molecule has 1 heterocycles. The molecule has 1 atom stereocenters. The van der Waals surface area contributed by atoms with Crippen LogP contribution in [-0.4, -0.2) is 23.9 Å². The Hall–Kier alpha value is -2.38. The van der Waals surface area contributed by atoms with Crippen molar-refractivity contribution in [3.63, 3.8) is 0 Å². The molecular weight excluding hydrogens is 340 g/mol. The molecule has 2 amide bonds. The largest absolute Gasteiger partial charge is 0.449 e. The minimum absolute atomic E-state index is 0.169. The van der Waals surface area contributed by atoms with E-state index in [1.54, 1.807) is 23.6 Å². The highest BCUT2D eigenvalue weighted by Crippen LogP contribution is 2.23. The third kappa shape index (κ3) is 4.08. The standard InChI is InChI=1S/C15H13ClN2O4S/c1-8(22-15(21)9-4-2-3-5-11(9)16)13(20)18-14-10(12(17)19)6-7-23-14/h2-8H,1H3,(H2,17,19)(H,18,20)/t8-/m0/s1.